The third-order valence-electron chi connectivity index (χ3n) is 4.68. The number of anilines is 1. The SMILES string of the molecule is c1cc(-n2cncc2[C@@H]2CCCN2)ccc1N1CCCC1. The van der Waals surface area contributed by atoms with Crippen molar-refractivity contribution in [3.63, 3.8) is 0 Å². The highest BCUT2D eigenvalue weighted by atomic mass is 15.1. The van der Waals surface area contributed by atoms with E-state index < -0.39 is 0 Å². The van der Waals surface area contributed by atoms with Crippen LogP contribution < -0.4 is 10.2 Å². The van der Waals surface area contributed by atoms with Gasteiger partial charge in [0.2, 0.25) is 0 Å². The molecule has 0 amide bonds. The van der Waals surface area contributed by atoms with Crippen LogP contribution in [0.15, 0.2) is 36.8 Å². The fourth-order valence-electron chi connectivity index (χ4n) is 3.52. The molecule has 0 saturated carbocycles. The normalized spacial score (nSPS) is 22.1. The van der Waals surface area contributed by atoms with Crippen LogP contribution in [0.3, 0.4) is 0 Å². The third kappa shape index (κ3) is 2.44. The van der Waals surface area contributed by atoms with Crippen molar-refractivity contribution in [2.45, 2.75) is 31.7 Å². The van der Waals surface area contributed by atoms with E-state index in [0.29, 0.717) is 6.04 Å². The number of nitrogens with one attached hydrogen (secondary N) is 1. The molecule has 2 aliphatic rings. The summed E-state index contributed by atoms with van der Waals surface area (Å²) in [6.45, 7) is 3.51. The number of hydrogen-bond donors (Lipinski definition) is 1. The first-order valence-electron chi connectivity index (χ1n) is 8.03. The topological polar surface area (TPSA) is 33.1 Å². The summed E-state index contributed by atoms with van der Waals surface area (Å²) >= 11 is 0. The van der Waals surface area contributed by atoms with Gasteiger partial charge >= 0.3 is 0 Å². The summed E-state index contributed by atoms with van der Waals surface area (Å²) < 4.78 is 2.22. The van der Waals surface area contributed by atoms with Gasteiger partial charge in [-0.1, -0.05) is 0 Å². The Bertz CT molecular complexity index is 590. The van der Waals surface area contributed by atoms with Gasteiger partial charge in [0, 0.05) is 30.5 Å². The smallest absolute Gasteiger partial charge is 0.0994 e. The lowest BCUT2D eigenvalue weighted by molar-refractivity contribution is 0.615. The number of benzene rings is 1. The maximum atomic E-state index is 4.36. The van der Waals surface area contributed by atoms with Gasteiger partial charge in [-0.25, -0.2) is 4.98 Å². The van der Waals surface area contributed by atoms with Gasteiger partial charge in [0.05, 0.1) is 18.2 Å². The summed E-state index contributed by atoms with van der Waals surface area (Å²) in [4.78, 5) is 6.82. The van der Waals surface area contributed by atoms with Crippen LogP contribution in [0.5, 0.6) is 0 Å². The molecule has 4 nitrogen and oxygen atoms in total. The molecule has 1 aromatic carbocycles. The summed E-state index contributed by atoms with van der Waals surface area (Å²) in [5.41, 5.74) is 3.83. The lowest BCUT2D eigenvalue weighted by Gasteiger charge is -2.19. The Labute approximate surface area is 125 Å². The van der Waals surface area contributed by atoms with E-state index in [1.54, 1.807) is 0 Å². The molecular weight excluding hydrogens is 260 g/mol. The minimum absolute atomic E-state index is 0.450. The quantitative estimate of drug-likeness (QED) is 0.939. The Hall–Kier alpha value is -1.81. The minimum atomic E-state index is 0.450. The van der Waals surface area contributed by atoms with Crippen LogP contribution in [0.25, 0.3) is 5.69 Å². The second-order valence-corrected chi connectivity index (χ2v) is 6.05. The average molecular weight is 282 g/mol. The highest BCUT2D eigenvalue weighted by molar-refractivity contribution is 5.52. The number of imidazole rings is 1. The molecule has 1 N–H and O–H groups in total. The molecule has 0 aliphatic carbocycles. The van der Waals surface area contributed by atoms with Crippen LogP contribution in [0.2, 0.25) is 0 Å². The third-order valence-corrected chi connectivity index (χ3v) is 4.68. The highest BCUT2D eigenvalue weighted by Crippen LogP contribution is 2.26. The van der Waals surface area contributed by atoms with Crippen molar-refractivity contribution in [3.8, 4) is 5.69 Å². The maximum Gasteiger partial charge on any atom is 0.0994 e. The predicted molar refractivity (Wildman–Crippen MR) is 85.0 cm³/mol. The second kappa shape index (κ2) is 5.53. The fourth-order valence-corrected chi connectivity index (χ4v) is 3.52. The van der Waals surface area contributed by atoms with E-state index in [1.807, 2.05) is 12.5 Å². The van der Waals surface area contributed by atoms with Gasteiger partial charge in [-0.15, -0.1) is 0 Å². The zero-order valence-corrected chi connectivity index (χ0v) is 12.3. The van der Waals surface area contributed by atoms with Crippen LogP contribution >= 0.6 is 0 Å². The molecule has 1 aromatic heterocycles. The molecular formula is C17H22N4. The first-order chi connectivity index (χ1) is 10.4. The van der Waals surface area contributed by atoms with E-state index in [2.05, 4.69) is 44.0 Å². The number of aromatic nitrogens is 2. The van der Waals surface area contributed by atoms with Crippen molar-refractivity contribution in [3.05, 3.63) is 42.5 Å². The number of hydrogen-bond acceptors (Lipinski definition) is 3. The summed E-state index contributed by atoms with van der Waals surface area (Å²) in [5.74, 6) is 0. The zero-order chi connectivity index (χ0) is 14.1. The molecule has 110 valence electrons. The molecule has 2 saturated heterocycles. The van der Waals surface area contributed by atoms with Gasteiger partial charge in [-0.3, -0.25) is 0 Å². The molecule has 4 rings (SSSR count). The largest absolute Gasteiger partial charge is 0.372 e. The summed E-state index contributed by atoms with van der Waals surface area (Å²) in [7, 11) is 0. The van der Waals surface area contributed by atoms with Gasteiger partial charge in [-0.05, 0) is 56.5 Å². The summed E-state index contributed by atoms with van der Waals surface area (Å²) in [6, 6.07) is 9.37. The van der Waals surface area contributed by atoms with Gasteiger partial charge < -0.3 is 14.8 Å². The van der Waals surface area contributed by atoms with Crippen LogP contribution in [0, 0.1) is 0 Å². The second-order valence-electron chi connectivity index (χ2n) is 6.05. The van der Waals surface area contributed by atoms with Crippen molar-refractivity contribution in [2.75, 3.05) is 24.5 Å². The van der Waals surface area contributed by atoms with Crippen molar-refractivity contribution in [1.29, 1.82) is 0 Å². The molecule has 1 atom stereocenters. The van der Waals surface area contributed by atoms with E-state index in [1.165, 1.54) is 55.8 Å². The Morgan fingerprint density at radius 2 is 1.76 bits per heavy atom. The number of nitrogens with zero attached hydrogens (tertiary/aromatic N) is 3. The lowest BCUT2D eigenvalue weighted by Crippen LogP contribution is -2.18. The van der Waals surface area contributed by atoms with E-state index in [0.717, 1.165) is 6.54 Å². The van der Waals surface area contributed by atoms with Gasteiger partial charge in [-0.2, -0.15) is 0 Å². The van der Waals surface area contributed by atoms with Gasteiger partial charge in [0.1, 0.15) is 0 Å². The van der Waals surface area contributed by atoms with Crippen molar-refractivity contribution >= 4 is 5.69 Å². The van der Waals surface area contributed by atoms with E-state index in [-0.39, 0.29) is 0 Å². The van der Waals surface area contributed by atoms with Gasteiger partial charge in [0.15, 0.2) is 0 Å². The lowest BCUT2D eigenvalue weighted by atomic mass is 10.1. The van der Waals surface area contributed by atoms with Crippen molar-refractivity contribution < 1.29 is 0 Å². The first-order valence-corrected chi connectivity index (χ1v) is 8.03. The van der Waals surface area contributed by atoms with E-state index in [9.17, 15) is 0 Å². The Morgan fingerprint density at radius 1 is 1.00 bits per heavy atom. The molecule has 0 spiro atoms. The van der Waals surface area contributed by atoms with E-state index >= 15 is 0 Å². The van der Waals surface area contributed by atoms with Gasteiger partial charge in [0.25, 0.3) is 0 Å². The van der Waals surface area contributed by atoms with Crippen LogP contribution in [-0.2, 0) is 0 Å². The Balaban J connectivity index is 1.60. The molecule has 0 unspecified atom stereocenters. The molecule has 21 heavy (non-hydrogen) atoms. The molecule has 0 radical (unpaired) electrons. The Kier molecular flexibility index (Phi) is 3.39. The molecule has 4 heteroatoms. The van der Waals surface area contributed by atoms with Crippen molar-refractivity contribution in [2.24, 2.45) is 0 Å². The molecule has 2 fully saturated rings. The molecule has 2 aromatic rings. The predicted octanol–water partition coefficient (Wildman–Crippen LogP) is 2.90. The molecule has 3 heterocycles. The maximum absolute atomic E-state index is 4.36. The standard InChI is InChI=1S/C17H22N4/c1-2-11-20(10-1)14-5-7-15(8-6-14)21-13-18-12-17(21)16-4-3-9-19-16/h5-8,12-13,16,19H,1-4,9-11H2/t16-/m0/s1. The Morgan fingerprint density at radius 3 is 2.48 bits per heavy atom. The first kappa shape index (κ1) is 12.9. The average Bonchev–Trinajstić information content (AvgIpc) is 3.27. The summed E-state index contributed by atoms with van der Waals surface area (Å²) in [5, 5.41) is 3.56. The summed E-state index contributed by atoms with van der Waals surface area (Å²) in [6.07, 6.45) is 9.03. The van der Waals surface area contributed by atoms with Crippen LogP contribution in [0.1, 0.15) is 37.4 Å². The highest BCUT2D eigenvalue weighted by Gasteiger charge is 2.20. The van der Waals surface area contributed by atoms with Crippen molar-refractivity contribution in [1.82, 2.24) is 14.9 Å². The molecule has 0 bridgehead atoms. The van der Waals surface area contributed by atoms with E-state index in [4.69, 9.17) is 0 Å². The minimum Gasteiger partial charge on any atom is -0.372 e. The fraction of sp³-hybridized carbons (Fsp3) is 0.471. The molecule has 2 aliphatic heterocycles. The monoisotopic (exact) mass is 282 g/mol. The number of rotatable bonds is 3. The zero-order valence-electron chi connectivity index (χ0n) is 12.3. The van der Waals surface area contributed by atoms with Crippen LogP contribution in [0.4, 0.5) is 5.69 Å². The van der Waals surface area contributed by atoms with Crippen LogP contribution in [-0.4, -0.2) is 29.2 Å².